The molecule has 0 aliphatic heterocycles. The van der Waals surface area contributed by atoms with E-state index >= 15 is 0 Å². The van der Waals surface area contributed by atoms with Gasteiger partial charge in [-0.2, -0.15) is 0 Å². The highest BCUT2D eigenvalue weighted by molar-refractivity contribution is 14.1. The van der Waals surface area contributed by atoms with Crippen LogP contribution in [0.25, 0.3) is 32.7 Å². The average Bonchev–Trinajstić information content (AvgIpc) is 2.57. The van der Waals surface area contributed by atoms with Crippen LogP contribution in [0.15, 0.2) is 66.7 Å². The van der Waals surface area contributed by atoms with E-state index in [2.05, 4.69) is 22.6 Å². The van der Waals surface area contributed by atoms with Gasteiger partial charge in [0.1, 0.15) is 11.5 Å². The SMILES string of the molecule is Oc1ccc2ccccc2c1-c1c(O)c(I)cc2ccccc12. The molecule has 0 unspecified atom stereocenters. The van der Waals surface area contributed by atoms with Gasteiger partial charge in [-0.3, -0.25) is 0 Å². The summed E-state index contributed by atoms with van der Waals surface area (Å²) in [5.41, 5.74) is 1.36. The molecule has 4 rings (SSSR count). The fourth-order valence-electron chi connectivity index (χ4n) is 3.08. The highest BCUT2D eigenvalue weighted by atomic mass is 127. The molecule has 0 aromatic heterocycles. The van der Waals surface area contributed by atoms with E-state index in [0.717, 1.165) is 25.1 Å². The molecule has 3 heteroatoms. The number of benzene rings is 4. The van der Waals surface area contributed by atoms with Gasteiger partial charge in [-0.1, -0.05) is 54.6 Å². The smallest absolute Gasteiger partial charge is 0.137 e. The lowest BCUT2D eigenvalue weighted by atomic mass is 9.92. The molecule has 0 spiro atoms. The monoisotopic (exact) mass is 412 g/mol. The minimum Gasteiger partial charge on any atom is -0.507 e. The number of halogens is 1. The summed E-state index contributed by atoms with van der Waals surface area (Å²) in [6, 6.07) is 21.3. The van der Waals surface area contributed by atoms with E-state index in [1.807, 2.05) is 60.7 Å². The van der Waals surface area contributed by atoms with Crippen LogP contribution in [-0.4, -0.2) is 10.2 Å². The molecule has 0 radical (unpaired) electrons. The van der Waals surface area contributed by atoms with Crippen LogP contribution in [0.3, 0.4) is 0 Å². The van der Waals surface area contributed by atoms with E-state index in [1.165, 1.54) is 0 Å². The van der Waals surface area contributed by atoms with Gasteiger partial charge in [-0.25, -0.2) is 0 Å². The summed E-state index contributed by atoms with van der Waals surface area (Å²) in [6.45, 7) is 0. The molecule has 0 fully saturated rings. The first-order valence-electron chi connectivity index (χ1n) is 7.28. The lowest BCUT2D eigenvalue weighted by molar-refractivity contribution is 0.468. The molecule has 0 aliphatic carbocycles. The van der Waals surface area contributed by atoms with Gasteiger partial charge in [0.25, 0.3) is 0 Å². The minimum absolute atomic E-state index is 0.172. The summed E-state index contributed by atoms with van der Waals surface area (Å²) >= 11 is 2.13. The normalized spacial score (nSPS) is 11.2. The fourth-order valence-corrected chi connectivity index (χ4v) is 3.68. The second-order valence-electron chi connectivity index (χ2n) is 5.48. The van der Waals surface area contributed by atoms with Crippen LogP contribution in [0.1, 0.15) is 0 Å². The van der Waals surface area contributed by atoms with E-state index in [9.17, 15) is 10.2 Å². The Morgan fingerprint density at radius 2 is 1.26 bits per heavy atom. The molecule has 23 heavy (non-hydrogen) atoms. The van der Waals surface area contributed by atoms with Gasteiger partial charge >= 0.3 is 0 Å². The van der Waals surface area contributed by atoms with Gasteiger partial charge in [0, 0.05) is 11.1 Å². The first kappa shape index (κ1) is 14.3. The zero-order valence-corrected chi connectivity index (χ0v) is 14.3. The quantitative estimate of drug-likeness (QED) is 0.395. The van der Waals surface area contributed by atoms with Gasteiger partial charge in [-0.05, 0) is 56.3 Å². The maximum Gasteiger partial charge on any atom is 0.137 e. The van der Waals surface area contributed by atoms with E-state index in [-0.39, 0.29) is 11.5 Å². The first-order chi connectivity index (χ1) is 11.2. The van der Waals surface area contributed by atoms with Crippen LogP contribution >= 0.6 is 22.6 Å². The van der Waals surface area contributed by atoms with Crippen molar-refractivity contribution < 1.29 is 10.2 Å². The molecule has 0 aliphatic rings. The van der Waals surface area contributed by atoms with Crippen LogP contribution in [0.4, 0.5) is 0 Å². The van der Waals surface area contributed by atoms with Gasteiger partial charge in [0.2, 0.25) is 0 Å². The highest BCUT2D eigenvalue weighted by Gasteiger charge is 2.18. The summed E-state index contributed by atoms with van der Waals surface area (Å²) < 4.78 is 0.767. The summed E-state index contributed by atoms with van der Waals surface area (Å²) in [4.78, 5) is 0. The van der Waals surface area contributed by atoms with Gasteiger partial charge in [-0.15, -0.1) is 0 Å². The van der Waals surface area contributed by atoms with Crippen molar-refractivity contribution in [3.63, 3.8) is 0 Å². The lowest BCUT2D eigenvalue weighted by Gasteiger charge is -2.15. The Hall–Kier alpha value is -2.27. The Labute approximate surface area is 147 Å². The van der Waals surface area contributed by atoms with Crippen LogP contribution in [-0.2, 0) is 0 Å². The molecule has 112 valence electrons. The maximum atomic E-state index is 10.7. The molecular weight excluding hydrogens is 399 g/mol. The number of phenols is 2. The van der Waals surface area contributed by atoms with Gasteiger partial charge < -0.3 is 10.2 Å². The van der Waals surface area contributed by atoms with E-state index < -0.39 is 0 Å². The predicted octanol–water partition coefficient (Wildman–Crippen LogP) is 5.68. The van der Waals surface area contributed by atoms with E-state index in [0.29, 0.717) is 11.1 Å². The van der Waals surface area contributed by atoms with Crippen LogP contribution in [0.2, 0.25) is 0 Å². The summed E-state index contributed by atoms with van der Waals surface area (Å²) in [5, 5.41) is 25.2. The molecular formula is C20H13IO2. The predicted molar refractivity (Wildman–Crippen MR) is 103 cm³/mol. The molecule has 0 atom stereocenters. The van der Waals surface area contributed by atoms with Crippen molar-refractivity contribution in [2.24, 2.45) is 0 Å². The van der Waals surface area contributed by atoms with Gasteiger partial charge in [0.15, 0.2) is 0 Å². The van der Waals surface area contributed by atoms with Crippen LogP contribution in [0, 0.1) is 3.57 Å². The Morgan fingerprint density at radius 3 is 2.00 bits per heavy atom. The number of hydrogen-bond acceptors (Lipinski definition) is 2. The van der Waals surface area contributed by atoms with Crippen molar-refractivity contribution in [3.05, 3.63) is 70.3 Å². The van der Waals surface area contributed by atoms with Crippen molar-refractivity contribution in [2.75, 3.05) is 0 Å². The summed E-state index contributed by atoms with van der Waals surface area (Å²) in [5.74, 6) is 0.377. The van der Waals surface area contributed by atoms with Crippen molar-refractivity contribution in [1.82, 2.24) is 0 Å². The Balaban J connectivity index is 2.24. The Morgan fingerprint density at radius 1 is 0.652 bits per heavy atom. The van der Waals surface area contributed by atoms with Crippen LogP contribution in [0.5, 0.6) is 11.5 Å². The third kappa shape index (κ3) is 2.23. The molecule has 2 nitrogen and oxygen atoms in total. The topological polar surface area (TPSA) is 40.5 Å². The zero-order chi connectivity index (χ0) is 16.0. The second-order valence-corrected chi connectivity index (χ2v) is 6.65. The van der Waals surface area contributed by atoms with Crippen molar-refractivity contribution >= 4 is 44.1 Å². The lowest BCUT2D eigenvalue weighted by Crippen LogP contribution is -1.89. The highest BCUT2D eigenvalue weighted by Crippen LogP contribution is 2.46. The molecule has 0 saturated heterocycles. The summed E-state index contributed by atoms with van der Waals surface area (Å²) in [6.07, 6.45) is 0. The number of phenolic OH excluding ortho intramolecular Hbond substituents is 2. The van der Waals surface area contributed by atoms with Crippen molar-refractivity contribution in [2.45, 2.75) is 0 Å². The fraction of sp³-hybridized carbons (Fsp3) is 0. The Bertz CT molecular complexity index is 1050. The molecule has 0 saturated carbocycles. The molecule has 0 amide bonds. The number of fused-ring (bicyclic) bond motifs is 2. The molecule has 2 N–H and O–H groups in total. The van der Waals surface area contributed by atoms with Crippen LogP contribution < -0.4 is 0 Å². The first-order valence-corrected chi connectivity index (χ1v) is 8.36. The third-order valence-corrected chi connectivity index (χ3v) is 4.95. The van der Waals surface area contributed by atoms with E-state index in [1.54, 1.807) is 6.07 Å². The maximum absolute atomic E-state index is 10.7. The number of aromatic hydroxyl groups is 2. The van der Waals surface area contributed by atoms with Gasteiger partial charge in [0.05, 0.1) is 3.57 Å². The molecule has 0 heterocycles. The van der Waals surface area contributed by atoms with Crippen molar-refractivity contribution in [3.8, 4) is 22.6 Å². The number of rotatable bonds is 1. The summed E-state index contributed by atoms with van der Waals surface area (Å²) in [7, 11) is 0. The molecule has 4 aromatic rings. The molecule has 4 aromatic carbocycles. The Kier molecular flexibility index (Phi) is 3.38. The zero-order valence-electron chi connectivity index (χ0n) is 12.1. The largest absolute Gasteiger partial charge is 0.507 e. The second kappa shape index (κ2) is 5.42. The minimum atomic E-state index is 0.172. The van der Waals surface area contributed by atoms with E-state index in [4.69, 9.17) is 0 Å². The average molecular weight is 412 g/mol. The standard InChI is InChI=1S/C20H13IO2/c21-16-11-13-6-2-4-8-15(13)19(20(16)23)18-14-7-3-1-5-12(14)9-10-17(18)22/h1-11,22-23H. The number of hydrogen-bond donors (Lipinski definition) is 2. The third-order valence-electron chi connectivity index (χ3n) is 4.13. The molecule has 0 bridgehead atoms. The van der Waals surface area contributed by atoms with Crippen molar-refractivity contribution in [1.29, 1.82) is 0 Å².